The van der Waals surface area contributed by atoms with Gasteiger partial charge in [-0.2, -0.15) is 0 Å². The summed E-state index contributed by atoms with van der Waals surface area (Å²) >= 11 is 0. The molecular formula is C8H13N3. The van der Waals surface area contributed by atoms with E-state index in [1.165, 1.54) is 0 Å². The Morgan fingerprint density at radius 1 is 1.55 bits per heavy atom. The molecule has 3 N–H and O–H groups in total. The van der Waals surface area contributed by atoms with Crippen molar-refractivity contribution in [3.63, 3.8) is 0 Å². The first-order chi connectivity index (χ1) is 5.24. The Morgan fingerprint density at radius 3 is 2.82 bits per heavy atom. The van der Waals surface area contributed by atoms with Crippen molar-refractivity contribution in [1.29, 1.82) is 0 Å². The van der Waals surface area contributed by atoms with E-state index in [4.69, 9.17) is 5.73 Å². The van der Waals surface area contributed by atoms with Gasteiger partial charge in [-0.3, -0.25) is 4.98 Å². The third-order valence-corrected chi connectivity index (χ3v) is 1.71. The van der Waals surface area contributed by atoms with Gasteiger partial charge in [-0.05, 0) is 25.6 Å². The molecule has 3 heteroatoms. The number of nitrogens with one attached hydrogen (secondary N) is 1. The van der Waals surface area contributed by atoms with E-state index in [-0.39, 0.29) is 0 Å². The van der Waals surface area contributed by atoms with E-state index >= 15 is 0 Å². The smallest absolute Gasteiger partial charge is 0.0503 e. The van der Waals surface area contributed by atoms with Crippen LogP contribution in [0, 0.1) is 0 Å². The quantitative estimate of drug-likeness (QED) is 0.661. The molecule has 0 fully saturated rings. The van der Waals surface area contributed by atoms with Gasteiger partial charge in [0.2, 0.25) is 0 Å². The minimum atomic E-state index is 0.311. The molecule has 0 amide bonds. The zero-order valence-electron chi connectivity index (χ0n) is 6.83. The van der Waals surface area contributed by atoms with Gasteiger partial charge in [0.15, 0.2) is 0 Å². The summed E-state index contributed by atoms with van der Waals surface area (Å²) in [6.07, 6.45) is 3.46. The summed E-state index contributed by atoms with van der Waals surface area (Å²) in [7, 11) is 1.91. The van der Waals surface area contributed by atoms with E-state index in [2.05, 4.69) is 17.2 Å². The first-order valence-electron chi connectivity index (χ1n) is 3.61. The molecule has 1 heterocycles. The summed E-state index contributed by atoms with van der Waals surface area (Å²) in [6.45, 7) is 2.07. The molecule has 0 spiro atoms. The molecule has 0 aliphatic rings. The summed E-state index contributed by atoms with van der Waals surface area (Å²) in [5.74, 6) is 0. The summed E-state index contributed by atoms with van der Waals surface area (Å²) in [4.78, 5) is 3.99. The molecule has 0 saturated carbocycles. The van der Waals surface area contributed by atoms with Crippen LogP contribution in [0.4, 0.5) is 5.69 Å². The van der Waals surface area contributed by atoms with Crippen LogP contribution in [0.5, 0.6) is 0 Å². The molecule has 0 radical (unpaired) electrons. The van der Waals surface area contributed by atoms with Crippen LogP contribution in [-0.4, -0.2) is 12.0 Å². The highest BCUT2D eigenvalue weighted by atomic mass is 14.9. The van der Waals surface area contributed by atoms with Crippen molar-refractivity contribution in [2.24, 2.45) is 0 Å². The van der Waals surface area contributed by atoms with Crippen molar-refractivity contribution in [3.05, 3.63) is 24.0 Å². The zero-order valence-corrected chi connectivity index (χ0v) is 6.83. The number of nitrogen functional groups attached to an aromatic ring is 1. The summed E-state index contributed by atoms with van der Waals surface area (Å²) in [5.41, 5.74) is 7.39. The Morgan fingerprint density at radius 2 is 2.27 bits per heavy atom. The fourth-order valence-electron chi connectivity index (χ4n) is 0.880. The topological polar surface area (TPSA) is 50.9 Å². The molecule has 0 unspecified atom stereocenters. The van der Waals surface area contributed by atoms with Crippen LogP contribution in [0.3, 0.4) is 0 Å². The van der Waals surface area contributed by atoms with Crippen LogP contribution in [0.25, 0.3) is 0 Å². The summed E-state index contributed by atoms with van der Waals surface area (Å²) in [6, 6.07) is 2.24. The van der Waals surface area contributed by atoms with Crippen molar-refractivity contribution in [2.45, 2.75) is 13.0 Å². The third kappa shape index (κ3) is 1.91. The van der Waals surface area contributed by atoms with E-state index in [0.717, 1.165) is 5.56 Å². The van der Waals surface area contributed by atoms with E-state index in [1.54, 1.807) is 6.20 Å². The molecule has 1 aromatic heterocycles. The highest BCUT2D eigenvalue weighted by Gasteiger charge is 2.01. The number of pyridine rings is 1. The lowest BCUT2D eigenvalue weighted by Gasteiger charge is -2.09. The maximum atomic E-state index is 5.56. The second-order valence-electron chi connectivity index (χ2n) is 2.56. The summed E-state index contributed by atoms with van der Waals surface area (Å²) in [5, 5.41) is 3.11. The molecule has 0 bridgehead atoms. The number of hydrogen-bond donors (Lipinski definition) is 2. The Kier molecular flexibility index (Phi) is 2.44. The molecule has 3 nitrogen and oxygen atoms in total. The Bertz CT molecular complexity index is 235. The maximum absolute atomic E-state index is 5.56. The largest absolute Gasteiger partial charge is 0.397 e. The molecule has 11 heavy (non-hydrogen) atoms. The van der Waals surface area contributed by atoms with Gasteiger partial charge in [-0.1, -0.05) is 0 Å². The number of anilines is 1. The average Bonchev–Trinajstić information content (AvgIpc) is 2.03. The van der Waals surface area contributed by atoms with Crippen molar-refractivity contribution < 1.29 is 0 Å². The molecule has 0 aromatic carbocycles. The minimum Gasteiger partial charge on any atom is -0.397 e. The van der Waals surface area contributed by atoms with Gasteiger partial charge in [0.25, 0.3) is 0 Å². The van der Waals surface area contributed by atoms with Crippen molar-refractivity contribution in [2.75, 3.05) is 12.8 Å². The monoisotopic (exact) mass is 151 g/mol. The van der Waals surface area contributed by atoms with Crippen molar-refractivity contribution >= 4 is 5.69 Å². The first kappa shape index (κ1) is 8.01. The van der Waals surface area contributed by atoms with Crippen LogP contribution in [0.1, 0.15) is 18.5 Å². The van der Waals surface area contributed by atoms with E-state index < -0.39 is 0 Å². The van der Waals surface area contributed by atoms with Gasteiger partial charge < -0.3 is 11.1 Å². The van der Waals surface area contributed by atoms with Crippen LogP contribution in [-0.2, 0) is 0 Å². The zero-order chi connectivity index (χ0) is 8.27. The number of aromatic nitrogens is 1. The molecule has 0 aliphatic heterocycles. The van der Waals surface area contributed by atoms with Gasteiger partial charge in [0, 0.05) is 18.4 Å². The van der Waals surface area contributed by atoms with E-state index in [9.17, 15) is 0 Å². The molecule has 1 aromatic rings. The first-order valence-corrected chi connectivity index (χ1v) is 3.61. The Hall–Kier alpha value is -1.09. The standard InChI is InChI=1S/C8H13N3/c1-6(10-2)7-3-8(9)5-11-4-7/h3-6,10H,9H2,1-2H3/t6-/m0/s1. The van der Waals surface area contributed by atoms with Crippen LogP contribution in [0.15, 0.2) is 18.5 Å². The molecule has 1 rings (SSSR count). The van der Waals surface area contributed by atoms with Gasteiger partial charge >= 0.3 is 0 Å². The van der Waals surface area contributed by atoms with Gasteiger partial charge in [0.05, 0.1) is 5.69 Å². The second kappa shape index (κ2) is 3.34. The SMILES string of the molecule is CN[C@@H](C)c1cncc(N)c1. The predicted molar refractivity (Wildman–Crippen MR) is 46.1 cm³/mol. The minimum absolute atomic E-state index is 0.311. The molecule has 0 aliphatic carbocycles. The van der Waals surface area contributed by atoms with Gasteiger partial charge in [0.1, 0.15) is 0 Å². The predicted octanol–water partition coefficient (Wildman–Crippen LogP) is 0.944. The third-order valence-electron chi connectivity index (χ3n) is 1.71. The van der Waals surface area contributed by atoms with Gasteiger partial charge in [-0.25, -0.2) is 0 Å². The average molecular weight is 151 g/mol. The van der Waals surface area contributed by atoms with Crippen molar-refractivity contribution in [1.82, 2.24) is 10.3 Å². The molecule has 1 atom stereocenters. The second-order valence-corrected chi connectivity index (χ2v) is 2.56. The Labute approximate surface area is 66.6 Å². The molecule has 0 saturated heterocycles. The van der Waals surface area contributed by atoms with E-state index in [0.29, 0.717) is 11.7 Å². The lowest BCUT2D eigenvalue weighted by Crippen LogP contribution is -2.12. The number of rotatable bonds is 2. The van der Waals surface area contributed by atoms with Crippen LogP contribution >= 0.6 is 0 Å². The van der Waals surface area contributed by atoms with Crippen LogP contribution in [0.2, 0.25) is 0 Å². The van der Waals surface area contributed by atoms with Gasteiger partial charge in [-0.15, -0.1) is 0 Å². The highest BCUT2D eigenvalue weighted by molar-refractivity contribution is 5.37. The fourth-order valence-corrected chi connectivity index (χ4v) is 0.880. The summed E-state index contributed by atoms with van der Waals surface area (Å²) < 4.78 is 0. The normalized spacial score (nSPS) is 12.9. The highest BCUT2D eigenvalue weighted by Crippen LogP contribution is 2.12. The number of nitrogens with zero attached hydrogens (tertiary/aromatic N) is 1. The van der Waals surface area contributed by atoms with E-state index in [1.807, 2.05) is 19.3 Å². The maximum Gasteiger partial charge on any atom is 0.0503 e. The van der Waals surface area contributed by atoms with Crippen LogP contribution < -0.4 is 11.1 Å². The fraction of sp³-hybridized carbons (Fsp3) is 0.375. The molecular weight excluding hydrogens is 138 g/mol. The Balaban J connectivity index is 2.86. The van der Waals surface area contributed by atoms with Crippen molar-refractivity contribution in [3.8, 4) is 0 Å². The number of hydrogen-bond acceptors (Lipinski definition) is 3. The lowest BCUT2D eigenvalue weighted by molar-refractivity contribution is 0.650. The molecule has 60 valence electrons. The lowest BCUT2D eigenvalue weighted by atomic mass is 10.1. The number of nitrogens with two attached hydrogens (primary N) is 1.